The number of nitrogens with zero attached hydrogens (tertiary/aromatic N) is 1. The fourth-order valence-electron chi connectivity index (χ4n) is 1.74. The molecule has 2 rings (SSSR count). The third-order valence-electron chi connectivity index (χ3n) is 2.78. The molecule has 0 aliphatic rings. The second kappa shape index (κ2) is 6.82. The largest absolute Gasteiger partial charge is 0.492 e. The van der Waals surface area contributed by atoms with Gasteiger partial charge in [-0.25, -0.2) is 0 Å². The number of halogens is 1. The van der Waals surface area contributed by atoms with Crippen LogP contribution in [0.2, 0.25) is 5.02 Å². The molecule has 0 amide bonds. The lowest BCUT2D eigenvalue weighted by Crippen LogP contribution is -2.15. The van der Waals surface area contributed by atoms with Gasteiger partial charge in [0, 0.05) is 6.42 Å². The summed E-state index contributed by atoms with van der Waals surface area (Å²) in [5.74, 6) is 0.708. The Labute approximate surface area is 122 Å². The van der Waals surface area contributed by atoms with Crippen molar-refractivity contribution in [3.05, 3.63) is 53.6 Å². The maximum Gasteiger partial charge on any atom is 0.142 e. The van der Waals surface area contributed by atoms with Gasteiger partial charge in [0.05, 0.1) is 11.6 Å². The minimum absolute atomic E-state index is 0.127. The van der Waals surface area contributed by atoms with Crippen molar-refractivity contribution >= 4 is 17.4 Å². The summed E-state index contributed by atoms with van der Waals surface area (Å²) in [5.41, 5.74) is 7.48. The monoisotopic (exact) mass is 290 g/mol. The van der Waals surface area contributed by atoms with E-state index in [9.17, 15) is 0 Å². The lowest BCUT2D eigenvalue weighted by Gasteiger charge is -2.09. The lowest BCUT2D eigenvalue weighted by molar-refractivity contribution is 0.305. The molecule has 0 fully saturated rings. The second-order valence-electron chi connectivity index (χ2n) is 4.20. The Bertz CT molecular complexity index is 600. The molecule has 2 aromatic rings. The highest BCUT2D eigenvalue weighted by Gasteiger charge is 2.05. The van der Waals surface area contributed by atoms with Gasteiger partial charge >= 0.3 is 0 Å². The fourth-order valence-corrected chi connectivity index (χ4v) is 1.98. The quantitative estimate of drug-likeness (QED) is 0.383. The zero-order valence-electron chi connectivity index (χ0n) is 10.8. The molecule has 4 nitrogen and oxygen atoms in total. The van der Waals surface area contributed by atoms with Crippen LogP contribution in [0.4, 0.5) is 0 Å². The maximum absolute atomic E-state index is 8.43. The molecule has 20 heavy (non-hydrogen) atoms. The van der Waals surface area contributed by atoms with Crippen LogP contribution >= 0.6 is 11.6 Å². The Balaban J connectivity index is 2.07. The van der Waals surface area contributed by atoms with Crippen molar-refractivity contribution in [2.75, 3.05) is 6.61 Å². The molecule has 0 saturated heterocycles. The fraction of sp³-hybridized carbons (Fsp3) is 0.133. The first-order valence-corrected chi connectivity index (χ1v) is 6.52. The van der Waals surface area contributed by atoms with E-state index in [0.29, 0.717) is 23.8 Å². The van der Waals surface area contributed by atoms with Crippen molar-refractivity contribution in [2.45, 2.75) is 6.42 Å². The average Bonchev–Trinajstić information content (AvgIpc) is 2.49. The highest BCUT2D eigenvalue weighted by molar-refractivity contribution is 6.32. The number of oxime groups is 1. The van der Waals surface area contributed by atoms with E-state index in [1.54, 1.807) is 0 Å². The van der Waals surface area contributed by atoms with Gasteiger partial charge in [-0.2, -0.15) is 0 Å². The second-order valence-corrected chi connectivity index (χ2v) is 4.61. The molecule has 0 aliphatic carbocycles. The van der Waals surface area contributed by atoms with Crippen LogP contribution in [0.3, 0.4) is 0 Å². The molecule has 0 unspecified atom stereocenters. The predicted molar refractivity (Wildman–Crippen MR) is 80.4 cm³/mol. The van der Waals surface area contributed by atoms with E-state index in [0.717, 1.165) is 11.1 Å². The normalized spacial score (nSPS) is 11.3. The molecular formula is C15H15ClN2O2. The minimum Gasteiger partial charge on any atom is -0.492 e. The molecule has 0 atom stereocenters. The predicted octanol–water partition coefficient (Wildman–Crippen LogP) is 3.52. The Hall–Kier alpha value is -2.20. The van der Waals surface area contributed by atoms with Crippen LogP contribution in [0.25, 0.3) is 11.1 Å². The number of hydrogen-bond acceptors (Lipinski definition) is 3. The lowest BCUT2D eigenvalue weighted by atomic mass is 10.1. The van der Waals surface area contributed by atoms with E-state index in [-0.39, 0.29) is 5.84 Å². The number of amidine groups is 1. The summed E-state index contributed by atoms with van der Waals surface area (Å²) in [4.78, 5) is 0. The molecule has 0 bridgehead atoms. The highest BCUT2D eigenvalue weighted by atomic mass is 35.5. The summed E-state index contributed by atoms with van der Waals surface area (Å²) in [6, 6.07) is 15.6. The van der Waals surface area contributed by atoms with Gasteiger partial charge in [0.25, 0.3) is 0 Å². The van der Waals surface area contributed by atoms with Crippen molar-refractivity contribution in [3.8, 4) is 16.9 Å². The number of hydrogen-bond donors (Lipinski definition) is 2. The summed E-state index contributed by atoms with van der Waals surface area (Å²) < 4.78 is 5.50. The minimum atomic E-state index is 0.127. The molecule has 2 aromatic carbocycles. The van der Waals surface area contributed by atoms with Gasteiger partial charge in [0.1, 0.15) is 11.6 Å². The Kier molecular flexibility index (Phi) is 4.85. The molecule has 5 heteroatoms. The first-order valence-electron chi connectivity index (χ1n) is 6.15. The van der Waals surface area contributed by atoms with Gasteiger partial charge in [-0.3, -0.25) is 0 Å². The van der Waals surface area contributed by atoms with E-state index in [2.05, 4.69) is 5.16 Å². The van der Waals surface area contributed by atoms with Crippen molar-refractivity contribution in [1.29, 1.82) is 0 Å². The van der Waals surface area contributed by atoms with Crippen LogP contribution in [-0.4, -0.2) is 17.6 Å². The Morgan fingerprint density at radius 3 is 2.55 bits per heavy atom. The molecule has 0 radical (unpaired) electrons. The van der Waals surface area contributed by atoms with E-state index in [4.69, 9.17) is 27.3 Å². The molecule has 104 valence electrons. The van der Waals surface area contributed by atoms with Gasteiger partial charge in [-0.15, -0.1) is 0 Å². The summed E-state index contributed by atoms with van der Waals surface area (Å²) in [5, 5.41) is 11.8. The molecule has 0 aliphatic heterocycles. The zero-order valence-corrected chi connectivity index (χ0v) is 11.5. The Morgan fingerprint density at radius 1 is 1.15 bits per heavy atom. The summed E-state index contributed by atoms with van der Waals surface area (Å²) in [7, 11) is 0. The first kappa shape index (κ1) is 14.2. The molecule has 0 heterocycles. The van der Waals surface area contributed by atoms with Crippen LogP contribution in [0.1, 0.15) is 6.42 Å². The number of benzene rings is 2. The standard InChI is InChI=1S/C15H15ClN2O2/c16-13-10-12(11-4-2-1-3-5-11)6-7-14(13)20-9-8-15(17)18-19/h1-7,10,19H,8-9H2,(H2,17,18). The van der Waals surface area contributed by atoms with Crippen molar-refractivity contribution in [1.82, 2.24) is 0 Å². The van der Waals surface area contributed by atoms with Crippen LogP contribution in [0.5, 0.6) is 5.75 Å². The highest BCUT2D eigenvalue weighted by Crippen LogP contribution is 2.30. The van der Waals surface area contributed by atoms with E-state index >= 15 is 0 Å². The number of rotatable bonds is 5. The number of nitrogens with two attached hydrogens (primary N) is 1. The molecular weight excluding hydrogens is 276 g/mol. The third kappa shape index (κ3) is 3.65. The Morgan fingerprint density at radius 2 is 1.90 bits per heavy atom. The average molecular weight is 291 g/mol. The smallest absolute Gasteiger partial charge is 0.142 e. The van der Waals surface area contributed by atoms with Gasteiger partial charge in [-0.1, -0.05) is 53.2 Å². The van der Waals surface area contributed by atoms with E-state index in [1.165, 1.54) is 0 Å². The van der Waals surface area contributed by atoms with Crippen LogP contribution < -0.4 is 10.5 Å². The van der Waals surface area contributed by atoms with Gasteiger partial charge in [0.15, 0.2) is 0 Å². The summed E-state index contributed by atoms with van der Waals surface area (Å²) in [6.07, 6.45) is 0.341. The van der Waals surface area contributed by atoms with Gasteiger partial charge < -0.3 is 15.7 Å². The van der Waals surface area contributed by atoms with Crippen LogP contribution in [-0.2, 0) is 0 Å². The van der Waals surface area contributed by atoms with Crippen molar-refractivity contribution in [2.24, 2.45) is 10.9 Å². The van der Waals surface area contributed by atoms with Gasteiger partial charge in [0.2, 0.25) is 0 Å². The SMILES string of the molecule is N/C(CCOc1ccc(-c2ccccc2)cc1Cl)=N\O. The number of ether oxygens (including phenoxy) is 1. The zero-order chi connectivity index (χ0) is 14.4. The first-order chi connectivity index (χ1) is 9.70. The third-order valence-corrected chi connectivity index (χ3v) is 3.08. The maximum atomic E-state index is 8.43. The summed E-state index contributed by atoms with van der Waals surface area (Å²) in [6.45, 7) is 0.306. The van der Waals surface area contributed by atoms with Crippen molar-refractivity contribution in [3.63, 3.8) is 0 Å². The van der Waals surface area contributed by atoms with E-state index < -0.39 is 0 Å². The van der Waals surface area contributed by atoms with Crippen molar-refractivity contribution < 1.29 is 9.94 Å². The molecule has 3 N–H and O–H groups in total. The van der Waals surface area contributed by atoms with Crippen LogP contribution in [0.15, 0.2) is 53.7 Å². The molecule has 0 saturated carbocycles. The molecule has 0 aromatic heterocycles. The summed E-state index contributed by atoms with van der Waals surface area (Å²) >= 11 is 6.19. The van der Waals surface area contributed by atoms with Gasteiger partial charge in [-0.05, 0) is 23.3 Å². The van der Waals surface area contributed by atoms with E-state index in [1.807, 2.05) is 48.5 Å². The topological polar surface area (TPSA) is 67.8 Å². The van der Waals surface area contributed by atoms with Crippen LogP contribution in [0, 0.1) is 0 Å². The molecule has 0 spiro atoms.